The predicted octanol–water partition coefficient (Wildman–Crippen LogP) is 6.08. The zero-order valence-corrected chi connectivity index (χ0v) is 14.4. The maximum absolute atomic E-state index is 12.9. The van der Waals surface area contributed by atoms with Crippen LogP contribution in [0, 0.1) is 11.3 Å². The second kappa shape index (κ2) is 7.94. The number of halogens is 7. The monoisotopic (exact) mass is 418 g/mol. The maximum atomic E-state index is 12.9. The largest absolute Gasteiger partial charge is 0.416 e. The van der Waals surface area contributed by atoms with Gasteiger partial charge in [-0.25, -0.2) is 0 Å². The van der Waals surface area contributed by atoms with E-state index in [1.165, 1.54) is 24.3 Å². The molecular formula is C18H9ClF6N2O. The SMILES string of the molecule is N#C/C(=C\Nc1cc(C(F)(F)F)cc(C(F)(F)F)c1)C(=O)c1ccc(Cl)cc1. The van der Waals surface area contributed by atoms with Crippen LogP contribution >= 0.6 is 11.6 Å². The topological polar surface area (TPSA) is 52.9 Å². The molecule has 0 atom stereocenters. The lowest BCUT2D eigenvalue weighted by atomic mass is 10.1. The summed E-state index contributed by atoms with van der Waals surface area (Å²) in [7, 11) is 0. The molecule has 0 bridgehead atoms. The summed E-state index contributed by atoms with van der Waals surface area (Å²) in [5.74, 6) is -0.783. The molecule has 0 saturated carbocycles. The van der Waals surface area contributed by atoms with Crippen molar-refractivity contribution in [1.82, 2.24) is 0 Å². The molecule has 0 amide bonds. The number of hydrogen-bond acceptors (Lipinski definition) is 3. The summed E-state index contributed by atoms with van der Waals surface area (Å²) in [6.45, 7) is 0. The van der Waals surface area contributed by atoms with Gasteiger partial charge in [0, 0.05) is 22.5 Å². The molecule has 0 aromatic heterocycles. The summed E-state index contributed by atoms with van der Waals surface area (Å²) in [6.07, 6.45) is -9.29. The normalized spacial score (nSPS) is 12.4. The Morgan fingerprint density at radius 2 is 1.46 bits per heavy atom. The van der Waals surface area contributed by atoms with Crippen LogP contribution in [0.15, 0.2) is 54.2 Å². The fraction of sp³-hybridized carbons (Fsp3) is 0.111. The van der Waals surface area contributed by atoms with E-state index in [0.29, 0.717) is 17.2 Å². The van der Waals surface area contributed by atoms with E-state index >= 15 is 0 Å². The van der Waals surface area contributed by atoms with Crippen LogP contribution in [0.1, 0.15) is 21.5 Å². The first-order valence-electron chi connectivity index (χ1n) is 7.38. The number of alkyl halides is 6. The third-order valence-corrected chi connectivity index (χ3v) is 3.69. The third-order valence-electron chi connectivity index (χ3n) is 3.44. The van der Waals surface area contributed by atoms with Crippen LogP contribution in [0.3, 0.4) is 0 Å². The van der Waals surface area contributed by atoms with Crippen LogP contribution in [0.5, 0.6) is 0 Å². The Morgan fingerprint density at radius 3 is 1.89 bits per heavy atom. The molecule has 146 valence electrons. The van der Waals surface area contributed by atoms with E-state index in [2.05, 4.69) is 5.32 Å². The Hall–Kier alpha value is -2.99. The van der Waals surface area contributed by atoms with Gasteiger partial charge in [0.15, 0.2) is 0 Å². The number of nitrogens with zero attached hydrogens (tertiary/aromatic N) is 1. The first-order chi connectivity index (χ1) is 12.9. The number of rotatable bonds is 4. The van der Waals surface area contributed by atoms with Gasteiger partial charge in [-0.15, -0.1) is 0 Å². The molecule has 10 heteroatoms. The number of Topliss-reactive ketones (excluding diaryl/α,β-unsaturated/α-hetero) is 1. The van der Waals surface area contributed by atoms with E-state index in [1.807, 2.05) is 0 Å². The molecule has 0 fully saturated rings. The molecule has 0 radical (unpaired) electrons. The molecule has 3 nitrogen and oxygen atoms in total. The molecule has 0 spiro atoms. The average Bonchev–Trinajstić information content (AvgIpc) is 2.61. The zero-order valence-electron chi connectivity index (χ0n) is 13.6. The van der Waals surface area contributed by atoms with Gasteiger partial charge in [-0.1, -0.05) is 11.6 Å². The lowest BCUT2D eigenvalue weighted by Gasteiger charge is -2.14. The maximum Gasteiger partial charge on any atom is 0.416 e. The van der Waals surface area contributed by atoms with Crippen molar-refractivity contribution in [1.29, 1.82) is 5.26 Å². The van der Waals surface area contributed by atoms with Crippen molar-refractivity contribution >= 4 is 23.1 Å². The van der Waals surface area contributed by atoms with Crippen molar-refractivity contribution in [2.75, 3.05) is 5.32 Å². The molecule has 0 aliphatic carbocycles. The lowest BCUT2D eigenvalue weighted by Crippen LogP contribution is -2.12. The van der Waals surface area contributed by atoms with Crippen LogP contribution in [-0.2, 0) is 12.4 Å². The first kappa shape index (κ1) is 21.3. The molecular weight excluding hydrogens is 410 g/mol. The standard InChI is InChI=1S/C18H9ClF6N2O/c19-14-3-1-10(2-4-14)16(28)11(8-26)9-27-15-6-12(17(20,21)22)5-13(7-15)18(23,24)25/h1-7,9,27H/b11-9+. The van der Waals surface area contributed by atoms with Gasteiger partial charge in [0.1, 0.15) is 11.6 Å². The summed E-state index contributed by atoms with van der Waals surface area (Å²) in [5, 5.41) is 11.6. The highest BCUT2D eigenvalue weighted by atomic mass is 35.5. The van der Waals surface area contributed by atoms with Gasteiger partial charge in [0.2, 0.25) is 5.78 Å². The van der Waals surface area contributed by atoms with Crippen molar-refractivity contribution < 1.29 is 31.1 Å². The highest BCUT2D eigenvalue weighted by Gasteiger charge is 2.36. The number of benzene rings is 2. The van der Waals surface area contributed by atoms with Crippen molar-refractivity contribution in [2.24, 2.45) is 0 Å². The fourth-order valence-corrected chi connectivity index (χ4v) is 2.23. The number of carbonyl (C=O) groups excluding carboxylic acids is 1. The Balaban J connectivity index is 2.38. The number of carbonyl (C=O) groups is 1. The number of allylic oxidation sites excluding steroid dienone is 1. The molecule has 1 N–H and O–H groups in total. The summed E-state index contributed by atoms with van der Waals surface area (Å²) in [4.78, 5) is 12.2. The molecule has 2 rings (SSSR count). The molecule has 0 saturated heterocycles. The zero-order chi connectivity index (χ0) is 21.1. The number of nitrogens with one attached hydrogen (secondary N) is 1. The van der Waals surface area contributed by atoms with Crippen molar-refractivity contribution in [3.63, 3.8) is 0 Å². The summed E-state index contributed by atoms with van der Waals surface area (Å²) >= 11 is 5.69. The van der Waals surface area contributed by atoms with Crippen LogP contribution in [0.2, 0.25) is 5.02 Å². The van der Waals surface area contributed by atoms with E-state index < -0.39 is 40.5 Å². The smallest absolute Gasteiger partial charge is 0.360 e. The van der Waals surface area contributed by atoms with Crippen LogP contribution < -0.4 is 5.32 Å². The molecule has 0 unspecified atom stereocenters. The lowest BCUT2D eigenvalue weighted by molar-refractivity contribution is -0.143. The first-order valence-corrected chi connectivity index (χ1v) is 7.76. The van der Waals surface area contributed by atoms with Gasteiger partial charge >= 0.3 is 12.4 Å². The summed E-state index contributed by atoms with van der Waals surface area (Å²) in [5.41, 5.74) is -4.09. The number of ketones is 1. The Morgan fingerprint density at radius 1 is 0.964 bits per heavy atom. The quantitative estimate of drug-likeness (QED) is 0.283. The predicted molar refractivity (Wildman–Crippen MR) is 89.5 cm³/mol. The van der Waals surface area contributed by atoms with E-state index in [4.69, 9.17) is 16.9 Å². The van der Waals surface area contributed by atoms with E-state index in [-0.39, 0.29) is 11.6 Å². The molecule has 0 aliphatic heterocycles. The summed E-state index contributed by atoms with van der Waals surface area (Å²) < 4.78 is 77.1. The van der Waals surface area contributed by atoms with Gasteiger partial charge in [-0.3, -0.25) is 4.79 Å². The van der Waals surface area contributed by atoms with Crippen LogP contribution in [0.25, 0.3) is 0 Å². The molecule has 0 heterocycles. The minimum atomic E-state index is -5.02. The Kier molecular flexibility index (Phi) is 6.04. The molecule has 0 aliphatic rings. The van der Waals surface area contributed by atoms with Gasteiger partial charge in [0.25, 0.3) is 0 Å². The van der Waals surface area contributed by atoms with Gasteiger partial charge in [-0.05, 0) is 42.5 Å². The van der Waals surface area contributed by atoms with Crippen molar-refractivity contribution in [2.45, 2.75) is 12.4 Å². The molecule has 2 aromatic rings. The highest BCUT2D eigenvalue weighted by molar-refractivity contribution is 6.30. The van der Waals surface area contributed by atoms with Crippen molar-refractivity contribution in [3.8, 4) is 6.07 Å². The van der Waals surface area contributed by atoms with Crippen LogP contribution in [0.4, 0.5) is 32.0 Å². The summed E-state index contributed by atoms with van der Waals surface area (Å²) in [6, 6.07) is 7.81. The minimum Gasteiger partial charge on any atom is -0.360 e. The molecule has 2 aromatic carbocycles. The average molecular weight is 419 g/mol. The second-order valence-electron chi connectivity index (χ2n) is 5.44. The number of anilines is 1. The molecule has 28 heavy (non-hydrogen) atoms. The van der Waals surface area contributed by atoms with E-state index in [9.17, 15) is 31.1 Å². The van der Waals surface area contributed by atoms with E-state index in [1.54, 1.807) is 6.07 Å². The van der Waals surface area contributed by atoms with E-state index in [0.717, 1.165) is 6.20 Å². The Labute approximate surface area is 159 Å². The second-order valence-corrected chi connectivity index (χ2v) is 5.88. The fourth-order valence-electron chi connectivity index (χ4n) is 2.10. The number of nitriles is 1. The minimum absolute atomic E-state index is 0.0288. The highest BCUT2D eigenvalue weighted by Crippen LogP contribution is 2.37. The van der Waals surface area contributed by atoms with Crippen LogP contribution in [-0.4, -0.2) is 5.78 Å². The van der Waals surface area contributed by atoms with Crippen molar-refractivity contribution in [3.05, 3.63) is 76.0 Å². The third kappa shape index (κ3) is 5.27. The number of hydrogen-bond donors (Lipinski definition) is 1. The van der Waals surface area contributed by atoms with Gasteiger partial charge in [-0.2, -0.15) is 31.6 Å². The Bertz CT molecular complexity index is 924. The van der Waals surface area contributed by atoms with Gasteiger partial charge < -0.3 is 5.32 Å². The van der Waals surface area contributed by atoms with Gasteiger partial charge in [0.05, 0.1) is 11.1 Å².